The van der Waals surface area contributed by atoms with E-state index in [4.69, 9.17) is 5.26 Å². The molecule has 11 heteroatoms. The maximum absolute atomic E-state index is 11.5. The van der Waals surface area contributed by atoms with Crippen LogP contribution in [0, 0.1) is 11.3 Å². The van der Waals surface area contributed by atoms with Gasteiger partial charge in [-0.2, -0.15) is 15.2 Å². The van der Waals surface area contributed by atoms with Gasteiger partial charge in [-0.3, -0.25) is 10.2 Å². The number of nitrogens with zero attached hydrogens (tertiary/aromatic N) is 8. The predicted octanol–water partition coefficient (Wildman–Crippen LogP) is -0.519. The fourth-order valence-electron chi connectivity index (χ4n) is 3.94. The molecule has 34 heavy (non-hydrogen) atoms. The number of hydrogen-bond donors (Lipinski definition) is 2. The van der Waals surface area contributed by atoms with Gasteiger partial charge < -0.3 is 5.43 Å². The molecule has 0 fully saturated rings. The molecule has 1 aromatic heterocycles. The van der Waals surface area contributed by atoms with E-state index in [9.17, 15) is 10.0 Å². The van der Waals surface area contributed by atoms with Crippen LogP contribution in [0.1, 0.15) is 11.1 Å². The highest BCUT2D eigenvalue weighted by molar-refractivity contribution is 5.77. The number of hydroxylamine groups is 2. The van der Waals surface area contributed by atoms with Gasteiger partial charge >= 0.3 is 6.03 Å². The molecule has 0 saturated carbocycles. The fraction of sp³-hybridized carbons (Fsp3) is 0.0435. The number of allylic oxidation sites excluding steroid dienone is 2. The Morgan fingerprint density at radius 1 is 1.06 bits per heavy atom. The number of amides is 2. The van der Waals surface area contributed by atoms with Gasteiger partial charge in [0.05, 0.1) is 57.5 Å². The van der Waals surface area contributed by atoms with E-state index in [1.807, 2.05) is 23.2 Å². The molecule has 164 valence electrons. The molecule has 2 N–H and O–H groups in total. The number of nitrogens with one attached hydrogen (secondary N) is 1. The maximum Gasteiger partial charge on any atom is 0.368 e. The van der Waals surface area contributed by atoms with Gasteiger partial charge in [-0.05, 0) is 48.0 Å². The van der Waals surface area contributed by atoms with E-state index in [-0.39, 0.29) is 0 Å². The third kappa shape index (κ3) is 3.22. The van der Waals surface area contributed by atoms with Crippen LogP contribution in [0.15, 0.2) is 76.1 Å². The lowest BCUT2D eigenvalue weighted by molar-refractivity contribution is 0.0188. The molecule has 4 heterocycles. The monoisotopic (exact) mass is 449 g/mol. The molecular formula is C23H15N9O2. The predicted molar refractivity (Wildman–Crippen MR) is 117 cm³/mol. The number of hydrogen-bond acceptors (Lipinski definition) is 8. The molecule has 0 unspecified atom stereocenters. The molecule has 0 saturated heterocycles. The molecule has 6 rings (SSSR count). The van der Waals surface area contributed by atoms with Crippen molar-refractivity contribution in [2.24, 2.45) is 9.98 Å². The van der Waals surface area contributed by atoms with Crippen molar-refractivity contribution in [2.75, 3.05) is 0 Å². The van der Waals surface area contributed by atoms with Crippen LogP contribution < -0.4 is 26.8 Å². The lowest BCUT2D eigenvalue weighted by Gasteiger charge is -2.25. The molecule has 0 bridgehead atoms. The van der Waals surface area contributed by atoms with Crippen molar-refractivity contribution in [3.8, 4) is 11.8 Å². The van der Waals surface area contributed by atoms with Gasteiger partial charge in [0.1, 0.15) is 5.35 Å². The second-order valence-corrected chi connectivity index (χ2v) is 7.70. The largest absolute Gasteiger partial charge is 0.368 e. The Bertz CT molecular complexity index is 1710. The highest BCUT2D eigenvalue weighted by Crippen LogP contribution is 2.22. The SMILES string of the molecule is N#Cc1ccc(CN2NC=CC2=C2C=c3c(nnn3-c3ccc4c(c3)=NC(=O)N=4)=CN2O)cc1. The van der Waals surface area contributed by atoms with Crippen LogP contribution in [0.4, 0.5) is 4.79 Å². The van der Waals surface area contributed by atoms with E-state index < -0.39 is 6.03 Å². The molecule has 3 aliphatic rings. The Labute approximate surface area is 191 Å². The first kappa shape index (κ1) is 19.6. The average molecular weight is 449 g/mol. The van der Waals surface area contributed by atoms with Crippen LogP contribution in [0.5, 0.6) is 0 Å². The summed E-state index contributed by atoms with van der Waals surface area (Å²) in [6.45, 7) is 0.507. The number of rotatable bonds is 3. The van der Waals surface area contributed by atoms with Crippen LogP contribution in [-0.2, 0) is 6.54 Å². The summed E-state index contributed by atoms with van der Waals surface area (Å²) in [6, 6.07) is 14.1. The number of nitriles is 1. The minimum Gasteiger partial charge on any atom is -0.305 e. The highest BCUT2D eigenvalue weighted by Gasteiger charge is 2.22. The molecule has 3 aromatic rings. The minimum atomic E-state index is -0.529. The first-order valence-electron chi connectivity index (χ1n) is 10.3. The molecule has 2 aromatic carbocycles. The Morgan fingerprint density at radius 2 is 1.88 bits per heavy atom. The third-order valence-corrected chi connectivity index (χ3v) is 5.58. The zero-order chi connectivity index (χ0) is 23.2. The molecule has 0 radical (unpaired) electrons. The van der Waals surface area contributed by atoms with Crippen LogP contribution in [0.3, 0.4) is 0 Å². The standard InChI is InChI=1S/C23H15N9O2/c24-11-14-1-3-15(4-2-14)12-30-20(7-8-25-30)22-10-21-19(13-31(22)34)28-29-32(21)16-5-6-17-18(9-16)27-23(33)26-17/h1-10,13,25,34H,12H2. The zero-order valence-corrected chi connectivity index (χ0v) is 17.5. The number of hydrazine groups is 1. The molecule has 2 amide bonds. The highest BCUT2D eigenvalue weighted by atomic mass is 16.5. The lowest BCUT2D eigenvalue weighted by atomic mass is 10.1. The second-order valence-electron chi connectivity index (χ2n) is 7.70. The Morgan fingerprint density at radius 3 is 2.71 bits per heavy atom. The normalized spacial score (nSPS) is 17.7. The summed E-state index contributed by atoms with van der Waals surface area (Å²) in [5.74, 6) is 0. The smallest absolute Gasteiger partial charge is 0.305 e. The van der Waals surface area contributed by atoms with E-state index in [1.165, 1.54) is 6.20 Å². The van der Waals surface area contributed by atoms with E-state index in [2.05, 4.69) is 31.8 Å². The Balaban J connectivity index is 1.42. The van der Waals surface area contributed by atoms with Crippen molar-refractivity contribution < 1.29 is 10.0 Å². The van der Waals surface area contributed by atoms with Gasteiger partial charge in [-0.1, -0.05) is 17.3 Å². The summed E-state index contributed by atoms with van der Waals surface area (Å²) >= 11 is 0. The Kier molecular flexibility index (Phi) is 4.33. The lowest BCUT2D eigenvalue weighted by Crippen LogP contribution is -2.38. The fourth-order valence-corrected chi connectivity index (χ4v) is 3.94. The molecule has 0 aliphatic carbocycles. The number of fused-ring (bicyclic) bond motifs is 2. The summed E-state index contributed by atoms with van der Waals surface area (Å²) in [5.41, 5.74) is 6.66. The summed E-state index contributed by atoms with van der Waals surface area (Å²) < 4.78 is 1.62. The maximum atomic E-state index is 11.5. The molecule has 3 aliphatic heterocycles. The Hall–Kier alpha value is -5.08. The third-order valence-electron chi connectivity index (χ3n) is 5.58. The van der Waals surface area contributed by atoms with Crippen LogP contribution in [0.2, 0.25) is 0 Å². The summed E-state index contributed by atoms with van der Waals surface area (Å²) in [4.78, 5) is 19.2. The summed E-state index contributed by atoms with van der Waals surface area (Å²) in [6.07, 6.45) is 6.91. The van der Waals surface area contributed by atoms with Crippen LogP contribution in [-0.4, -0.2) is 36.3 Å². The van der Waals surface area contributed by atoms with Crippen molar-refractivity contribution in [1.82, 2.24) is 30.5 Å². The van der Waals surface area contributed by atoms with Crippen LogP contribution >= 0.6 is 0 Å². The number of urea groups is 1. The topological polar surface area (TPSA) is 135 Å². The van der Waals surface area contributed by atoms with Gasteiger partial charge in [0.25, 0.3) is 0 Å². The van der Waals surface area contributed by atoms with Gasteiger partial charge in [0, 0.05) is 6.20 Å². The van der Waals surface area contributed by atoms with E-state index in [0.717, 1.165) is 16.3 Å². The van der Waals surface area contributed by atoms with Gasteiger partial charge in [0.2, 0.25) is 0 Å². The van der Waals surface area contributed by atoms with Crippen LogP contribution in [0.25, 0.3) is 18.0 Å². The van der Waals surface area contributed by atoms with Crippen molar-refractivity contribution in [3.63, 3.8) is 0 Å². The van der Waals surface area contributed by atoms with Gasteiger partial charge in [-0.15, -0.1) is 5.10 Å². The number of carbonyl (C=O) groups is 1. The molecular weight excluding hydrogens is 434 g/mol. The summed E-state index contributed by atoms with van der Waals surface area (Å²) in [5, 5.41) is 33.1. The van der Waals surface area contributed by atoms with Crippen molar-refractivity contribution in [2.45, 2.75) is 6.54 Å². The van der Waals surface area contributed by atoms with E-state index in [0.29, 0.717) is 44.9 Å². The molecule has 0 atom stereocenters. The van der Waals surface area contributed by atoms with Crippen molar-refractivity contribution in [1.29, 1.82) is 5.26 Å². The number of aromatic nitrogens is 3. The average Bonchev–Trinajstić information content (AvgIpc) is 3.56. The van der Waals surface area contributed by atoms with Gasteiger partial charge in [0.15, 0.2) is 0 Å². The first-order valence-corrected chi connectivity index (χ1v) is 10.3. The van der Waals surface area contributed by atoms with Crippen molar-refractivity contribution >= 4 is 18.3 Å². The van der Waals surface area contributed by atoms with E-state index >= 15 is 0 Å². The first-order chi connectivity index (χ1) is 16.6. The van der Waals surface area contributed by atoms with E-state index in [1.54, 1.807) is 47.3 Å². The molecule has 0 spiro atoms. The number of benzene rings is 2. The summed E-state index contributed by atoms with van der Waals surface area (Å²) in [7, 11) is 0. The number of carbonyl (C=O) groups excluding carboxylic acids is 1. The minimum absolute atomic E-state index is 0.477. The van der Waals surface area contributed by atoms with Crippen molar-refractivity contribution in [3.05, 3.63) is 98.7 Å². The quantitative estimate of drug-likeness (QED) is 0.546. The zero-order valence-electron chi connectivity index (χ0n) is 17.5. The second kappa shape index (κ2) is 7.51. The van der Waals surface area contributed by atoms with Gasteiger partial charge in [-0.25, -0.2) is 14.5 Å². The molecule has 11 nitrogen and oxygen atoms in total.